The van der Waals surface area contributed by atoms with Gasteiger partial charge in [-0.1, -0.05) is 36.4 Å². The fourth-order valence-corrected chi connectivity index (χ4v) is 2.42. The van der Waals surface area contributed by atoms with Crippen molar-refractivity contribution < 1.29 is 0 Å². The van der Waals surface area contributed by atoms with Crippen LogP contribution in [0.5, 0.6) is 0 Å². The minimum Gasteiger partial charge on any atom is -0.320 e. The van der Waals surface area contributed by atoms with Crippen LogP contribution in [-0.4, -0.2) is 4.57 Å². The molecule has 0 aliphatic rings. The van der Waals surface area contributed by atoms with E-state index in [4.69, 9.17) is 5.84 Å². The van der Waals surface area contributed by atoms with E-state index in [0.717, 1.165) is 16.1 Å². The molecule has 0 aliphatic heterocycles. The highest BCUT2D eigenvalue weighted by Gasteiger charge is 2.05. The summed E-state index contributed by atoms with van der Waals surface area (Å²) in [5.74, 6) is 5.35. The molecule has 3 nitrogen and oxygen atoms in total. The van der Waals surface area contributed by atoms with Gasteiger partial charge < -0.3 is 10.4 Å². The van der Waals surface area contributed by atoms with Crippen LogP contribution < -0.4 is 10.6 Å². The predicted octanol–water partition coefficient (Wildman–Crippen LogP) is 2.60. The minimum absolute atomic E-state index is 0. The Hall–Kier alpha value is -1.52. The number of thiazole rings is 1. The highest BCUT2D eigenvalue weighted by molar-refractivity contribution is 7.07. The third kappa shape index (κ3) is 2.78. The number of allylic oxidation sites excluding steroid dienone is 1. The molecular formula is C12H14ClN3S. The SMILES string of the molecule is C=CCn1c(-c2ccccc2)csc1=NN.Cl. The number of hydrogen-bond acceptors (Lipinski definition) is 3. The van der Waals surface area contributed by atoms with Crippen molar-refractivity contribution in [2.75, 3.05) is 0 Å². The average Bonchev–Trinajstić information content (AvgIpc) is 2.74. The molecule has 0 aliphatic carbocycles. The maximum absolute atomic E-state index is 5.35. The fourth-order valence-electron chi connectivity index (χ4n) is 1.58. The Kier molecular flexibility index (Phi) is 5.00. The molecule has 0 saturated heterocycles. The van der Waals surface area contributed by atoms with E-state index in [1.54, 1.807) is 0 Å². The molecule has 2 rings (SSSR count). The number of aromatic nitrogens is 1. The van der Waals surface area contributed by atoms with Crippen molar-refractivity contribution in [2.45, 2.75) is 6.54 Å². The topological polar surface area (TPSA) is 43.3 Å². The molecule has 0 amide bonds. The van der Waals surface area contributed by atoms with Crippen LogP contribution in [0.3, 0.4) is 0 Å². The van der Waals surface area contributed by atoms with Gasteiger partial charge in [0.15, 0.2) is 0 Å². The van der Waals surface area contributed by atoms with Gasteiger partial charge in [0.2, 0.25) is 4.80 Å². The van der Waals surface area contributed by atoms with Gasteiger partial charge in [0, 0.05) is 11.9 Å². The molecule has 0 radical (unpaired) electrons. The van der Waals surface area contributed by atoms with Gasteiger partial charge in [0.05, 0.1) is 5.69 Å². The lowest BCUT2D eigenvalue weighted by Crippen LogP contribution is -2.16. The van der Waals surface area contributed by atoms with Gasteiger partial charge >= 0.3 is 0 Å². The maximum Gasteiger partial charge on any atom is 0.208 e. The lowest BCUT2D eigenvalue weighted by Gasteiger charge is -2.05. The summed E-state index contributed by atoms with van der Waals surface area (Å²) in [7, 11) is 0. The number of rotatable bonds is 3. The zero-order valence-corrected chi connectivity index (χ0v) is 10.9. The number of nitrogens with two attached hydrogens (primary N) is 1. The van der Waals surface area contributed by atoms with Crippen molar-refractivity contribution >= 4 is 23.7 Å². The first-order valence-electron chi connectivity index (χ1n) is 4.95. The first-order chi connectivity index (χ1) is 7.86. The Morgan fingerprint density at radius 1 is 1.35 bits per heavy atom. The summed E-state index contributed by atoms with van der Waals surface area (Å²) in [6, 6.07) is 10.2. The molecule has 17 heavy (non-hydrogen) atoms. The summed E-state index contributed by atoms with van der Waals surface area (Å²) in [6.45, 7) is 4.46. The lowest BCUT2D eigenvalue weighted by atomic mass is 10.2. The third-order valence-corrected chi connectivity index (χ3v) is 3.17. The van der Waals surface area contributed by atoms with Crippen LogP contribution in [-0.2, 0) is 6.54 Å². The zero-order chi connectivity index (χ0) is 11.4. The smallest absolute Gasteiger partial charge is 0.208 e. The fraction of sp³-hybridized carbons (Fsp3) is 0.0833. The second-order valence-corrected chi connectivity index (χ2v) is 4.13. The van der Waals surface area contributed by atoms with E-state index in [2.05, 4.69) is 29.2 Å². The van der Waals surface area contributed by atoms with Crippen molar-refractivity contribution in [3.63, 3.8) is 0 Å². The molecule has 1 aromatic heterocycles. The van der Waals surface area contributed by atoms with Crippen LogP contribution in [0.1, 0.15) is 0 Å². The van der Waals surface area contributed by atoms with Crippen LogP contribution in [0.15, 0.2) is 53.5 Å². The Morgan fingerprint density at radius 3 is 2.65 bits per heavy atom. The second kappa shape index (κ2) is 6.27. The van der Waals surface area contributed by atoms with E-state index in [1.165, 1.54) is 11.3 Å². The molecule has 0 spiro atoms. The normalized spacial score (nSPS) is 10.9. The van der Waals surface area contributed by atoms with Crippen LogP contribution >= 0.6 is 23.7 Å². The van der Waals surface area contributed by atoms with E-state index >= 15 is 0 Å². The van der Waals surface area contributed by atoms with Gasteiger partial charge in [-0.3, -0.25) is 0 Å². The molecule has 0 bridgehead atoms. The Bertz CT molecular complexity index is 542. The van der Waals surface area contributed by atoms with Gasteiger partial charge in [-0.15, -0.1) is 30.3 Å². The molecule has 1 heterocycles. The van der Waals surface area contributed by atoms with Crippen molar-refractivity contribution in [2.24, 2.45) is 10.9 Å². The van der Waals surface area contributed by atoms with Crippen molar-refractivity contribution in [3.05, 3.63) is 53.2 Å². The van der Waals surface area contributed by atoms with Crippen molar-refractivity contribution in [1.82, 2.24) is 4.57 Å². The average molecular weight is 268 g/mol. The van der Waals surface area contributed by atoms with Crippen LogP contribution in [0.4, 0.5) is 0 Å². The van der Waals surface area contributed by atoms with Gasteiger partial charge in [-0.05, 0) is 5.56 Å². The largest absolute Gasteiger partial charge is 0.320 e. The van der Waals surface area contributed by atoms with E-state index in [0.29, 0.717) is 6.54 Å². The van der Waals surface area contributed by atoms with Gasteiger partial charge in [0.25, 0.3) is 0 Å². The zero-order valence-electron chi connectivity index (χ0n) is 9.24. The second-order valence-electron chi connectivity index (χ2n) is 3.30. The van der Waals surface area contributed by atoms with E-state index in [1.807, 2.05) is 28.8 Å². The van der Waals surface area contributed by atoms with Crippen molar-refractivity contribution in [3.8, 4) is 11.3 Å². The Labute approximate surface area is 110 Å². The van der Waals surface area contributed by atoms with Crippen molar-refractivity contribution in [1.29, 1.82) is 0 Å². The number of benzene rings is 1. The highest BCUT2D eigenvalue weighted by atomic mass is 35.5. The number of halogens is 1. The molecule has 0 saturated carbocycles. The van der Waals surface area contributed by atoms with E-state index in [9.17, 15) is 0 Å². The summed E-state index contributed by atoms with van der Waals surface area (Å²) in [5.41, 5.74) is 2.28. The number of nitrogens with zero attached hydrogens (tertiary/aromatic N) is 2. The lowest BCUT2D eigenvalue weighted by molar-refractivity contribution is 0.788. The van der Waals surface area contributed by atoms with Crippen LogP contribution in [0.25, 0.3) is 11.3 Å². The Balaban J connectivity index is 0.00000144. The molecule has 90 valence electrons. The summed E-state index contributed by atoms with van der Waals surface area (Å²) < 4.78 is 2.05. The van der Waals surface area contributed by atoms with E-state index in [-0.39, 0.29) is 12.4 Å². The van der Waals surface area contributed by atoms with Gasteiger partial charge in [-0.25, -0.2) is 0 Å². The molecule has 0 unspecified atom stereocenters. The van der Waals surface area contributed by atoms with Gasteiger partial charge in [0.1, 0.15) is 0 Å². The summed E-state index contributed by atoms with van der Waals surface area (Å²) in [6.07, 6.45) is 1.84. The first kappa shape index (κ1) is 13.5. The molecular weight excluding hydrogens is 254 g/mol. The van der Waals surface area contributed by atoms with E-state index < -0.39 is 0 Å². The quantitative estimate of drug-likeness (QED) is 0.519. The Morgan fingerprint density at radius 2 is 2.06 bits per heavy atom. The summed E-state index contributed by atoms with van der Waals surface area (Å²) in [5, 5.41) is 5.83. The minimum atomic E-state index is 0. The predicted molar refractivity (Wildman–Crippen MR) is 74.9 cm³/mol. The monoisotopic (exact) mass is 267 g/mol. The molecule has 2 aromatic rings. The third-order valence-electron chi connectivity index (χ3n) is 2.29. The highest BCUT2D eigenvalue weighted by Crippen LogP contribution is 2.19. The maximum atomic E-state index is 5.35. The standard InChI is InChI=1S/C12H13N3S.ClH/c1-2-8-15-11(9-16-12(15)14-13)10-6-4-3-5-7-10;/h2-7,9H,1,8,13H2;1H. The molecule has 2 N–H and O–H groups in total. The summed E-state index contributed by atoms with van der Waals surface area (Å²) in [4.78, 5) is 0.804. The van der Waals surface area contributed by atoms with Crippen LogP contribution in [0, 0.1) is 0 Å². The number of hydrogen-bond donors (Lipinski definition) is 1. The summed E-state index contributed by atoms with van der Waals surface area (Å²) >= 11 is 1.53. The molecule has 1 aromatic carbocycles. The molecule has 0 atom stereocenters. The van der Waals surface area contributed by atoms with Crippen LogP contribution in [0.2, 0.25) is 0 Å². The first-order valence-corrected chi connectivity index (χ1v) is 5.83. The molecule has 5 heteroatoms. The molecule has 0 fully saturated rings. The van der Waals surface area contributed by atoms with Gasteiger partial charge in [-0.2, -0.15) is 5.10 Å².